The van der Waals surface area contributed by atoms with E-state index in [2.05, 4.69) is 10.00 Å². The second kappa shape index (κ2) is 6.12. The molecule has 1 spiro atoms. The fraction of sp³-hybridized carbons (Fsp3) is 0.722. The van der Waals surface area contributed by atoms with Crippen molar-refractivity contribution in [2.75, 3.05) is 19.6 Å². The van der Waals surface area contributed by atoms with Crippen LogP contribution in [0.25, 0.3) is 0 Å². The quantitative estimate of drug-likeness (QED) is 0.883. The fourth-order valence-corrected chi connectivity index (χ4v) is 4.49. The number of carboxylic acid groups (broad SMARTS) is 1. The highest BCUT2D eigenvalue weighted by Crippen LogP contribution is 2.44. The third kappa shape index (κ3) is 3.29. The first-order valence-electron chi connectivity index (χ1n) is 9.19. The molecule has 1 saturated carbocycles. The lowest BCUT2D eigenvalue weighted by Gasteiger charge is -2.39. The zero-order valence-corrected chi connectivity index (χ0v) is 14.7. The van der Waals surface area contributed by atoms with Gasteiger partial charge in [-0.15, -0.1) is 0 Å². The third-order valence-electron chi connectivity index (χ3n) is 6.10. The lowest BCUT2D eigenvalue weighted by molar-refractivity contribution is -0.142. The maximum absolute atomic E-state index is 12.3. The Bertz CT molecular complexity index is 674. The Balaban J connectivity index is 1.42. The second-order valence-electron chi connectivity index (χ2n) is 8.08. The number of carbonyl (C=O) groups excluding carboxylic acids is 1. The standard InChI is InChI=1S/C18H26N4O3/c1-20-10-13(9-19-20)11-22-12-18(8-15(22)17(24)25)4-6-21(7-5-18)16(23)14-2-3-14/h9-10,14-15H,2-8,11-12H2,1H3,(H,24,25)/t15-/m0/s1. The molecule has 4 rings (SSSR count). The van der Waals surface area contributed by atoms with Gasteiger partial charge in [-0.3, -0.25) is 19.2 Å². The molecular formula is C18H26N4O3. The zero-order chi connectivity index (χ0) is 17.6. The molecule has 3 fully saturated rings. The highest BCUT2D eigenvalue weighted by molar-refractivity contribution is 5.81. The zero-order valence-electron chi connectivity index (χ0n) is 14.7. The van der Waals surface area contributed by atoms with E-state index < -0.39 is 12.0 Å². The van der Waals surface area contributed by atoms with Crippen molar-refractivity contribution in [2.24, 2.45) is 18.4 Å². The predicted molar refractivity (Wildman–Crippen MR) is 90.6 cm³/mol. The minimum absolute atomic E-state index is 0.0333. The number of amides is 1. The molecule has 0 radical (unpaired) electrons. The smallest absolute Gasteiger partial charge is 0.320 e. The summed E-state index contributed by atoms with van der Waals surface area (Å²) in [5.74, 6) is -0.154. The van der Waals surface area contributed by atoms with Gasteiger partial charge < -0.3 is 10.0 Å². The van der Waals surface area contributed by atoms with Crippen LogP contribution < -0.4 is 0 Å². The first-order valence-corrected chi connectivity index (χ1v) is 9.19. The number of aliphatic carboxylic acids is 1. The summed E-state index contributed by atoms with van der Waals surface area (Å²) in [5, 5.41) is 13.9. The van der Waals surface area contributed by atoms with E-state index in [4.69, 9.17) is 0 Å². The van der Waals surface area contributed by atoms with Gasteiger partial charge in [-0.1, -0.05) is 0 Å². The molecular weight excluding hydrogens is 320 g/mol. The Labute approximate surface area is 147 Å². The summed E-state index contributed by atoms with van der Waals surface area (Å²) in [5.41, 5.74) is 1.08. The highest BCUT2D eigenvalue weighted by atomic mass is 16.4. The van der Waals surface area contributed by atoms with Gasteiger partial charge in [-0.05, 0) is 37.5 Å². The van der Waals surface area contributed by atoms with E-state index in [1.807, 2.05) is 18.1 Å². The van der Waals surface area contributed by atoms with Crippen LogP contribution in [-0.4, -0.2) is 62.2 Å². The summed E-state index contributed by atoms with van der Waals surface area (Å²) in [4.78, 5) is 28.1. The highest BCUT2D eigenvalue weighted by Gasteiger charge is 2.49. The van der Waals surface area contributed by atoms with E-state index in [9.17, 15) is 14.7 Å². The molecule has 136 valence electrons. The van der Waals surface area contributed by atoms with Gasteiger partial charge in [0.05, 0.1) is 6.20 Å². The van der Waals surface area contributed by atoms with E-state index in [1.165, 1.54) is 0 Å². The van der Waals surface area contributed by atoms with Gasteiger partial charge in [0.2, 0.25) is 5.91 Å². The number of piperidine rings is 1. The average molecular weight is 346 g/mol. The molecule has 7 heteroatoms. The van der Waals surface area contributed by atoms with Crippen molar-refractivity contribution in [3.05, 3.63) is 18.0 Å². The molecule has 1 aliphatic carbocycles. The molecule has 3 aliphatic rings. The van der Waals surface area contributed by atoms with Crippen molar-refractivity contribution in [2.45, 2.75) is 44.7 Å². The number of rotatable bonds is 4. The Hall–Kier alpha value is -1.89. The van der Waals surface area contributed by atoms with Crippen LogP contribution in [0.4, 0.5) is 0 Å². The van der Waals surface area contributed by atoms with Gasteiger partial charge in [0.1, 0.15) is 6.04 Å². The first kappa shape index (κ1) is 16.6. The first-order chi connectivity index (χ1) is 12.0. The molecule has 0 aromatic carbocycles. The van der Waals surface area contributed by atoms with Crippen molar-refractivity contribution < 1.29 is 14.7 Å². The molecule has 1 atom stereocenters. The average Bonchev–Trinajstić information content (AvgIpc) is 3.27. The summed E-state index contributed by atoms with van der Waals surface area (Å²) in [6.45, 7) is 2.98. The summed E-state index contributed by atoms with van der Waals surface area (Å²) in [7, 11) is 1.87. The molecule has 25 heavy (non-hydrogen) atoms. The van der Waals surface area contributed by atoms with E-state index in [-0.39, 0.29) is 11.3 Å². The summed E-state index contributed by atoms with van der Waals surface area (Å²) >= 11 is 0. The molecule has 1 aromatic heterocycles. The molecule has 1 amide bonds. The molecule has 0 unspecified atom stereocenters. The Morgan fingerprint density at radius 2 is 2.04 bits per heavy atom. The van der Waals surface area contributed by atoms with Crippen LogP contribution in [0.2, 0.25) is 0 Å². The Morgan fingerprint density at radius 3 is 2.60 bits per heavy atom. The molecule has 2 saturated heterocycles. The number of carboxylic acids is 1. The predicted octanol–water partition coefficient (Wildman–Crippen LogP) is 1.10. The number of nitrogens with zero attached hydrogens (tertiary/aromatic N) is 4. The number of hydrogen-bond donors (Lipinski definition) is 1. The minimum Gasteiger partial charge on any atom is -0.480 e. The van der Waals surface area contributed by atoms with Gasteiger partial charge >= 0.3 is 5.97 Å². The maximum atomic E-state index is 12.3. The number of aromatic nitrogens is 2. The normalized spacial score (nSPS) is 26.3. The van der Waals surface area contributed by atoms with Gasteiger partial charge in [0, 0.05) is 50.9 Å². The van der Waals surface area contributed by atoms with Crippen LogP contribution in [0.5, 0.6) is 0 Å². The summed E-state index contributed by atoms with van der Waals surface area (Å²) in [6.07, 6.45) is 8.36. The molecule has 0 bridgehead atoms. The van der Waals surface area contributed by atoms with Crippen molar-refractivity contribution in [3.63, 3.8) is 0 Å². The SMILES string of the molecule is Cn1cc(CN2CC3(CCN(C(=O)C4CC4)CC3)C[C@H]2C(=O)O)cn1. The van der Waals surface area contributed by atoms with E-state index >= 15 is 0 Å². The maximum Gasteiger partial charge on any atom is 0.320 e. The van der Waals surface area contributed by atoms with Crippen molar-refractivity contribution in [3.8, 4) is 0 Å². The Kier molecular flexibility index (Phi) is 4.06. The summed E-state index contributed by atoms with van der Waals surface area (Å²) in [6, 6.07) is -0.439. The second-order valence-corrected chi connectivity index (χ2v) is 8.08. The monoisotopic (exact) mass is 346 g/mol. The van der Waals surface area contributed by atoms with E-state index in [0.29, 0.717) is 18.9 Å². The lowest BCUT2D eigenvalue weighted by atomic mass is 9.76. The number of aryl methyl sites for hydroxylation is 1. The molecule has 2 aliphatic heterocycles. The van der Waals surface area contributed by atoms with Crippen LogP contribution in [0.1, 0.15) is 37.7 Å². The number of carbonyl (C=O) groups is 2. The van der Waals surface area contributed by atoms with Gasteiger partial charge in [-0.25, -0.2) is 0 Å². The van der Waals surface area contributed by atoms with Gasteiger partial charge in [0.25, 0.3) is 0 Å². The lowest BCUT2D eigenvalue weighted by Crippen LogP contribution is -2.44. The van der Waals surface area contributed by atoms with Crippen molar-refractivity contribution >= 4 is 11.9 Å². The van der Waals surface area contributed by atoms with Crippen LogP contribution >= 0.6 is 0 Å². The van der Waals surface area contributed by atoms with Crippen LogP contribution in [0, 0.1) is 11.3 Å². The third-order valence-corrected chi connectivity index (χ3v) is 6.10. The van der Waals surface area contributed by atoms with Crippen molar-refractivity contribution in [1.29, 1.82) is 0 Å². The van der Waals surface area contributed by atoms with Gasteiger partial charge in [-0.2, -0.15) is 5.10 Å². The minimum atomic E-state index is -0.739. The van der Waals surface area contributed by atoms with Gasteiger partial charge in [0.15, 0.2) is 0 Å². The largest absolute Gasteiger partial charge is 0.480 e. The van der Waals surface area contributed by atoms with Crippen LogP contribution in [0.3, 0.4) is 0 Å². The fourth-order valence-electron chi connectivity index (χ4n) is 4.49. The molecule has 7 nitrogen and oxygen atoms in total. The van der Waals surface area contributed by atoms with E-state index in [0.717, 1.165) is 50.9 Å². The topological polar surface area (TPSA) is 78.7 Å². The molecule has 1 N–H and O–H groups in total. The van der Waals surface area contributed by atoms with Crippen molar-refractivity contribution in [1.82, 2.24) is 19.6 Å². The van der Waals surface area contributed by atoms with Crippen LogP contribution in [0.15, 0.2) is 12.4 Å². The van der Waals surface area contributed by atoms with E-state index in [1.54, 1.807) is 10.9 Å². The van der Waals surface area contributed by atoms with Crippen LogP contribution in [-0.2, 0) is 23.2 Å². The molecule has 1 aromatic rings. The number of hydrogen-bond acceptors (Lipinski definition) is 4. The summed E-state index contributed by atoms with van der Waals surface area (Å²) < 4.78 is 1.75. The number of likely N-dealkylation sites (tertiary alicyclic amines) is 2. The Morgan fingerprint density at radius 1 is 1.32 bits per heavy atom. The molecule has 3 heterocycles.